The van der Waals surface area contributed by atoms with Crippen LogP contribution in [-0.4, -0.2) is 57.6 Å². The van der Waals surface area contributed by atoms with Crippen LogP contribution in [0.1, 0.15) is 16.3 Å². The number of thiophene rings is 1. The van der Waals surface area contributed by atoms with Crippen molar-refractivity contribution < 1.29 is 31.9 Å². The van der Waals surface area contributed by atoms with Gasteiger partial charge in [0.05, 0.1) is 6.54 Å². The van der Waals surface area contributed by atoms with Crippen LogP contribution in [0, 0.1) is 6.92 Å². The van der Waals surface area contributed by atoms with E-state index in [0.29, 0.717) is 0 Å². The van der Waals surface area contributed by atoms with Crippen molar-refractivity contribution in [2.45, 2.75) is 26.1 Å². The molecule has 0 bridgehead atoms. The van der Waals surface area contributed by atoms with Crippen LogP contribution < -0.4 is 16.3 Å². The number of aromatic amines is 1. The smallest absolute Gasteiger partial charge is 0.475 e. The van der Waals surface area contributed by atoms with Crippen molar-refractivity contribution in [2.75, 3.05) is 25.5 Å². The van der Waals surface area contributed by atoms with Crippen LogP contribution in [0.2, 0.25) is 0 Å². The Labute approximate surface area is 205 Å². The van der Waals surface area contributed by atoms with Crippen molar-refractivity contribution in [1.82, 2.24) is 19.7 Å². The summed E-state index contributed by atoms with van der Waals surface area (Å²) in [5.74, 6) is -1.66. The largest absolute Gasteiger partial charge is 0.490 e. The third-order valence-electron chi connectivity index (χ3n) is 4.78. The summed E-state index contributed by atoms with van der Waals surface area (Å²) in [6.07, 6.45) is -5.29. The maximum Gasteiger partial charge on any atom is 0.490 e. The highest BCUT2D eigenvalue weighted by atomic mass is 32.1. The first-order chi connectivity index (χ1) is 16.7. The topological polar surface area (TPSA) is 130 Å². The molecule has 0 amide bonds. The van der Waals surface area contributed by atoms with Gasteiger partial charge in [-0.1, -0.05) is 0 Å². The number of hydrogen-bond acceptors (Lipinski definition) is 7. The van der Waals surface area contributed by atoms with Crippen LogP contribution in [0.25, 0.3) is 10.4 Å². The molecule has 0 unspecified atom stereocenters. The van der Waals surface area contributed by atoms with Gasteiger partial charge in [-0.15, -0.1) is 11.3 Å². The molecular weight excluding hydrogens is 511 g/mol. The number of H-pyrrole nitrogens is 1. The van der Waals surface area contributed by atoms with Crippen molar-refractivity contribution >= 4 is 23.1 Å². The zero-order valence-electron chi connectivity index (χ0n) is 19.4. The second-order valence-corrected chi connectivity index (χ2v) is 8.73. The van der Waals surface area contributed by atoms with Crippen molar-refractivity contribution in [3.8, 4) is 10.4 Å². The second kappa shape index (κ2) is 11.9. The van der Waals surface area contributed by atoms with Gasteiger partial charge < -0.3 is 15.7 Å². The molecule has 3 aromatic rings. The summed E-state index contributed by atoms with van der Waals surface area (Å²) in [5.41, 5.74) is 6.69. The van der Waals surface area contributed by atoms with Crippen molar-refractivity contribution in [3.05, 3.63) is 62.8 Å². The number of rotatable bonds is 7. The first-order valence-electron chi connectivity index (χ1n) is 10.1. The van der Waals surface area contributed by atoms with Crippen molar-refractivity contribution in [3.63, 3.8) is 0 Å². The molecule has 0 atom stereocenters. The molecule has 36 heavy (non-hydrogen) atoms. The molecule has 0 saturated carbocycles. The quantitative estimate of drug-likeness (QED) is 0.396. The van der Waals surface area contributed by atoms with E-state index < -0.39 is 23.9 Å². The fraction of sp³-hybridized carbons (Fsp3) is 0.333. The Morgan fingerprint density at radius 1 is 1.28 bits per heavy atom. The molecule has 3 aromatic heterocycles. The molecule has 3 heterocycles. The molecular formula is C21H23F5N6O3S. The van der Waals surface area contributed by atoms with Gasteiger partial charge in [0.15, 0.2) is 0 Å². The highest BCUT2D eigenvalue weighted by Crippen LogP contribution is 2.32. The van der Waals surface area contributed by atoms with E-state index >= 15 is 0 Å². The summed E-state index contributed by atoms with van der Waals surface area (Å²) in [5, 5.41) is 13.4. The average molecular weight is 535 g/mol. The molecule has 3 rings (SSSR count). The lowest BCUT2D eigenvalue weighted by Crippen LogP contribution is -2.21. The Morgan fingerprint density at radius 3 is 2.39 bits per heavy atom. The van der Waals surface area contributed by atoms with Gasteiger partial charge in [0, 0.05) is 54.1 Å². The van der Waals surface area contributed by atoms with Crippen LogP contribution >= 0.6 is 11.3 Å². The third-order valence-corrected chi connectivity index (χ3v) is 6.05. The van der Waals surface area contributed by atoms with E-state index in [9.17, 15) is 26.7 Å². The number of aliphatic carboxylic acids is 1. The molecule has 9 nitrogen and oxygen atoms in total. The number of aryl methyl sites for hydroxylation is 1. The molecule has 0 saturated heterocycles. The Morgan fingerprint density at radius 2 is 1.92 bits per heavy atom. The molecule has 0 aliphatic rings. The lowest BCUT2D eigenvalue weighted by atomic mass is 10.2. The fourth-order valence-corrected chi connectivity index (χ4v) is 3.97. The number of carboxylic acids is 1. The van der Waals surface area contributed by atoms with Crippen LogP contribution in [0.4, 0.5) is 27.8 Å². The number of anilines is 1. The first kappa shape index (κ1) is 28.6. The molecule has 0 aliphatic heterocycles. The number of nitrogens with two attached hydrogens (primary N) is 1. The number of aromatic nitrogens is 4. The minimum absolute atomic E-state index is 0.176. The van der Waals surface area contributed by atoms with Gasteiger partial charge >= 0.3 is 17.8 Å². The molecule has 196 valence electrons. The Kier molecular flexibility index (Phi) is 9.47. The molecule has 4 N–H and O–H groups in total. The summed E-state index contributed by atoms with van der Waals surface area (Å²) < 4.78 is 59.0. The number of pyridine rings is 1. The van der Waals surface area contributed by atoms with E-state index in [1.165, 1.54) is 15.9 Å². The summed E-state index contributed by atoms with van der Waals surface area (Å²) >= 11 is 1.53. The summed E-state index contributed by atoms with van der Waals surface area (Å²) in [7, 11) is 3.85. The van der Waals surface area contributed by atoms with E-state index in [1.807, 2.05) is 50.3 Å². The Hall–Kier alpha value is -3.59. The molecule has 0 radical (unpaired) electrons. The summed E-state index contributed by atoms with van der Waals surface area (Å²) in [6.45, 7) is 1.91. The monoisotopic (exact) mass is 534 g/mol. The van der Waals surface area contributed by atoms with E-state index in [2.05, 4.69) is 15.2 Å². The lowest BCUT2D eigenvalue weighted by Gasteiger charge is -2.10. The standard InChI is InChI=1S/C19H22F2N6OS.C2HF3O2/c1-11-6-14(12-4-5-16(23-9-12)26(2)3)29-15(11)10-27-17(24-25-19(27)28)7-13(8-22)18(20)21;3-2(4,5)1(6)7/h4-6,9H,7-8,10,22H2,1-3H3,(H,25,28);(H,6,7). The second-order valence-electron chi connectivity index (χ2n) is 7.60. The number of carboxylic acid groups (broad SMARTS) is 1. The summed E-state index contributed by atoms with van der Waals surface area (Å²) in [6, 6.07) is 5.97. The van der Waals surface area contributed by atoms with Crippen molar-refractivity contribution in [2.24, 2.45) is 5.73 Å². The maximum absolute atomic E-state index is 13.0. The summed E-state index contributed by atoms with van der Waals surface area (Å²) in [4.78, 5) is 29.4. The number of nitrogens with one attached hydrogen (secondary N) is 1. The van der Waals surface area contributed by atoms with E-state index in [0.717, 1.165) is 26.7 Å². The van der Waals surface area contributed by atoms with Gasteiger partial charge in [-0.2, -0.15) is 27.1 Å². The third kappa shape index (κ3) is 7.45. The molecule has 0 fully saturated rings. The zero-order chi connectivity index (χ0) is 27.2. The predicted molar refractivity (Wildman–Crippen MR) is 124 cm³/mol. The number of hydrogen-bond donors (Lipinski definition) is 3. The predicted octanol–water partition coefficient (Wildman–Crippen LogP) is 3.40. The minimum Gasteiger partial charge on any atom is -0.475 e. The number of alkyl halides is 3. The van der Waals surface area contributed by atoms with Gasteiger partial charge in [-0.25, -0.2) is 19.7 Å². The molecule has 15 heteroatoms. The van der Waals surface area contributed by atoms with Crippen LogP contribution in [0.15, 0.2) is 40.8 Å². The Balaban J connectivity index is 0.000000572. The normalized spacial score (nSPS) is 11.0. The molecule has 0 aliphatic carbocycles. The SMILES string of the molecule is Cc1cc(-c2ccc(N(C)C)nc2)sc1Cn1c(CC(CN)=C(F)F)n[nH]c1=O.O=C(O)C(F)(F)F. The van der Waals surface area contributed by atoms with Gasteiger partial charge in [0.25, 0.3) is 6.08 Å². The fourth-order valence-electron chi connectivity index (χ4n) is 2.81. The first-order valence-corrected chi connectivity index (χ1v) is 11.0. The number of halogens is 5. The highest BCUT2D eigenvalue weighted by Gasteiger charge is 2.38. The highest BCUT2D eigenvalue weighted by molar-refractivity contribution is 7.15. The van der Waals surface area contributed by atoms with Crippen LogP contribution in [-0.2, 0) is 17.8 Å². The van der Waals surface area contributed by atoms with Gasteiger partial charge in [-0.3, -0.25) is 4.57 Å². The van der Waals surface area contributed by atoms with Crippen LogP contribution in [0.5, 0.6) is 0 Å². The van der Waals surface area contributed by atoms with Gasteiger partial charge in [0.1, 0.15) is 11.6 Å². The van der Waals surface area contributed by atoms with E-state index in [-0.39, 0.29) is 30.9 Å². The lowest BCUT2D eigenvalue weighted by molar-refractivity contribution is -0.192. The minimum atomic E-state index is -5.08. The zero-order valence-corrected chi connectivity index (χ0v) is 20.2. The average Bonchev–Trinajstić information content (AvgIpc) is 3.34. The van der Waals surface area contributed by atoms with Crippen LogP contribution in [0.3, 0.4) is 0 Å². The van der Waals surface area contributed by atoms with Gasteiger partial charge in [-0.05, 0) is 30.7 Å². The maximum atomic E-state index is 13.0. The Bertz CT molecular complexity index is 1270. The number of carbonyl (C=O) groups is 1. The van der Waals surface area contributed by atoms with Crippen molar-refractivity contribution in [1.29, 1.82) is 0 Å². The number of nitrogens with zero attached hydrogens (tertiary/aromatic N) is 4. The van der Waals surface area contributed by atoms with E-state index in [4.69, 9.17) is 15.6 Å². The van der Waals surface area contributed by atoms with E-state index in [1.54, 1.807) is 0 Å². The molecule has 0 aromatic carbocycles. The van der Waals surface area contributed by atoms with Gasteiger partial charge in [0.2, 0.25) is 0 Å². The molecule has 0 spiro atoms.